The fraction of sp³-hybridized carbons (Fsp3) is 0.0588. The van der Waals surface area contributed by atoms with Gasteiger partial charge in [-0.05, 0) is 36.4 Å². The Morgan fingerprint density at radius 3 is 2.45 bits per heavy atom. The summed E-state index contributed by atoms with van der Waals surface area (Å²) >= 11 is 18.4. The van der Waals surface area contributed by atoms with E-state index in [1.165, 1.54) is 43.5 Å². The quantitative estimate of drug-likeness (QED) is 0.365. The Hall–Kier alpha value is -2.44. The van der Waals surface area contributed by atoms with Gasteiger partial charge in [0, 0.05) is 5.02 Å². The maximum atomic E-state index is 12.6. The smallest absolute Gasteiger partial charge is 0.337 e. The number of anilines is 2. The summed E-state index contributed by atoms with van der Waals surface area (Å²) in [6.07, 6.45) is 0. The van der Waals surface area contributed by atoms with E-state index in [-0.39, 0.29) is 32.0 Å². The number of nitrogens with zero attached hydrogens (tertiary/aromatic N) is 2. The molecular weight excluding hydrogens is 511 g/mol. The van der Waals surface area contributed by atoms with E-state index in [2.05, 4.69) is 25.0 Å². The van der Waals surface area contributed by atoms with Gasteiger partial charge in [-0.3, -0.25) is 14.8 Å². The first-order valence-electron chi connectivity index (χ1n) is 8.11. The van der Waals surface area contributed by atoms with E-state index in [0.717, 1.165) is 0 Å². The first kappa shape index (κ1) is 23.2. The standard InChI is InChI=1S/C17H11Cl3N4O5S2/c1-29-15(26)8-2-5-11(19)13(6-8)24-31(27,28)17-23-22-16(30-17)21-14(25)10-4-3-9(18)7-12(10)20/h2-7,24H,1H3,(H,21,22,25). The SMILES string of the molecule is COC(=O)c1ccc(Cl)c(NS(=O)(=O)c2nnc(NC(=O)c3ccc(Cl)cc3Cl)s2)c1. The molecule has 2 N–H and O–H groups in total. The molecule has 1 heterocycles. The summed E-state index contributed by atoms with van der Waals surface area (Å²) in [6, 6.07) is 8.23. The topological polar surface area (TPSA) is 127 Å². The maximum absolute atomic E-state index is 12.6. The molecule has 1 aromatic heterocycles. The van der Waals surface area contributed by atoms with Crippen LogP contribution in [0.15, 0.2) is 40.7 Å². The minimum absolute atomic E-state index is 0.0478. The van der Waals surface area contributed by atoms with E-state index in [4.69, 9.17) is 34.8 Å². The monoisotopic (exact) mass is 520 g/mol. The van der Waals surface area contributed by atoms with Crippen LogP contribution in [0.4, 0.5) is 10.8 Å². The van der Waals surface area contributed by atoms with Crippen LogP contribution in [0.1, 0.15) is 20.7 Å². The number of carbonyl (C=O) groups excluding carboxylic acids is 2. The molecule has 0 spiro atoms. The molecular formula is C17H11Cl3N4O5S2. The zero-order valence-corrected chi connectivity index (χ0v) is 19.3. The van der Waals surface area contributed by atoms with Crippen molar-refractivity contribution in [2.45, 2.75) is 4.34 Å². The third-order valence-electron chi connectivity index (χ3n) is 3.66. The van der Waals surface area contributed by atoms with Gasteiger partial charge in [-0.2, -0.15) is 8.42 Å². The van der Waals surface area contributed by atoms with Crippen LogP contribution < -0.4 is 10.0 Å². The van der Waals surface area contributed by atoms with Gasteiger partial charge in [-0.25, -0.2) is 4.79 Å². The van der Waals surface area contributed by atoms with Gasteiger partial charge < -0.3 is 4.74 Å². The summed E-state index contributed by atoms with van der Waals surface area (Å²) < 4.78 is 31.7. The number of methoxy groups -OCH3 is 1. The lowest BCUT2D eigenvalue weighted by atomic mass is 10.2. The summed E-state index contributed by atoms with van der Waals surface area (Å²) in [4.78, 5) is 24.0. The molecule has 162 valence electrons. The number of hydrogen-bond donors (Lipinski definition) is 2. The predicted octanol–water partition coefficient (Wildman–Crippen LogP) is 4.34. The van der Waals surface area contributed by atoms with Crippen LogP contribution in [-0.4, -0.2) is 37.6 Å². The second kappa shape index (κ2) is 9.37. The van der Waals surface area contributed by atoms with Gasteiger partial charge in [0.05, 0.1) is 34.0 Å². The summed E-state index contributed by atoms with van der Waals surface area (Å²) in [6.45, 7) is 0. The van der Waals surface area contributed by atoms with Crippen LogP contribution >= 0.6 is 46.1 Å². The van der Waals surface area contributed by atoms with Gasteiger partial charge in [0.25, 0.3) is 20.3 Å². The van der Waals surface area contributed by atoms with Crippen molar-refractivity contribution in [2.75, 3.05) is 17.1 Å². The van der Waals surface area contributed by atoms with Crippen LogP contribution in [0.3, 0.4) is 0 Å². The van der Waals surface area contributed by atoms with E-state index in [9.17, 15) is 18.0 Å². The molecule has 14 heteroatoms. The molecule has 0 saturated carbocycles. The number of sulfonamides is 1. The normalized spacial score (nSPS) is 11.1. The van der Waals surface area contributed by atoms with E-state index in [1.54, 1.807) is 0 Å². The molecule has 0 unspecified atom stereocenters. The minimum atomic E-state index is -4.21. The Labute approximate surface area is 195 Å². The summed E-state index contributed by atoms with van der Waals surface area (Å²) in [5.41, 5.74) is 0.156. The zero-order valence-electron chi connectivity index (χ0n) is 15.4. The Morgan fingerprint density at radius 2 is 1.77 bits per heavy atom. The molecule has 31 heavy (non-hydrogen) atoms. The van der Waals surface area contributed by atoms with E-state index < -0.39 is 26.2 Å². The first-order valence-corrected chi connectivity index (χ1v) is 11.5. The zero-order chi connectivity index (χ0) is 22.8. The lowest BCUT2D eigenvalue weighted by molar-refractivity contribution is 0.0600. The molecule has 0 saturated heterocycles. The summed E-state index contributed by atoms with van der Waals surface area (Å²) in [7, 11) is -3.03. The summed E-state index contributed by atoms with van der Waals surface area (Å²) in [5, 5.41) is 10.1. The van der Waals surface area contributed by atoms with Crippen molar-refractivity contribution in [2.24, 2.45) is 0 Å². The van der Waals surface area contributed by atoms with Crippen molar-refractivity contribution < 1.29 is 22.7 Å². The number of esters is 1. The Bertz CT molecular complexity index is 1280. The highest BCUT2D eigenvalue weighted by molar-refractivity contribution is 7.94. The van der Waals surface area contributed by atoms with Gasteiger partial charge in [0.15, 0.2) is 0 Å². The number of amides is 1. The van der Waals surface area contributed by atoms with Crippen molar-refractivity contribution in [1.29, 1.82) is 0 Å². The molecule has 9 nitrogen and oxygen atoms in total. The lowest BCUT2D eigenvalue weighted by Crippen LogP contribution is -2.14. The highest BCUT2D eigenvalue weighted by atomic mass is 35.5. The highest BCUT2D eigenvalue weighted by Gasteiger charge is 2.23. The van der Waals surface area contributed by atoms with Crippen molar-refractivity contribution in [3.8, 4) is 0 Å². The van der Waals surface area contributed by atoms with Gasteiger partial charge in [0.1, 0.15) is 0 Å². The number of nitrogens with one attached hydrogen (secondary N) is 2. The largest absolute Gasteiger partial charge is 0.465 e. The number of halogens is 3. The molecule has 0 aliphatic carbocycles. The Morgan fingerprint density at radius 1 is 1.03 bits per heavy atom. The number of benzene rings is 2. The molecule has 2 aromatic carbocycles. The molecule has 0 fully saturated rings. The number of carbonyl (C=O) groups is 2. The number of hydrogen-bond acceptors (Lipinski definition) is 8. The number of aromatic nitrogens is 2. The fourth-order valence-electron chi connectivity index (χ4n) is 2.24. The van der Waals surface area contributed by atoms with Gasteiger partial charge in [-0.15, -0.1) is 10.2 Å². The van der Waals surface area contributed by atoms with E-state index >= 15 is 0 Å². The third-order valence-corrected chi connectivity index (χ3v) is 7.11. The molecule has 3 aromatic rings. The molecule has 0 aliphatic heterocycles. The molecule has 3 rings (SSSR count). The first-order chi connectivity index (χ1) is 14.6. The molecule has 0 radical (unpaired) electrons. The maximum Gasteiger partial charge on any atom is 0.337 e. The average Bonchev–Trinajstić information content (AvgIpc) is 3.18. The minimum Gasteiger partial charge on any atom is -0.465 e. The van der Waals surface area contributed by atoms with Crippen LogP contribution in [0.2, 0.25) is 15.1 Å². The van der Waals surface area contributed by atoms with Crippen molar-refractivity contribution in [3.05, 3.63) is 62.6 Å². The van der Waals surface area contributed by atoms with Crippen LogP contribution in [-0.2, 0) is 14.8 Å². The number of ether oxygens (including phenoxy) is 1. The van der Waals surface area contributed by atoms with Crippen LogP contribution in [0, 0.1) is 0 Å². The van der Waals surface area contributed by atoms with Crippen molar-refractivity contribution in [3.63, 3.8) is 0 Å². The second-order valence-corrected chi connectivity index (χ2v) is 9.83. The van der Waals surface area contributed by atoms with Gasteiger partial charge >= 0.3 is 5.97 Å². The van der Waals surface area contributed by atoms with Crippen LogP contribution in [0.25, 0.3) is 0 Å². The van der Waals surface area contributed by atoms with Gasteiger partial charge in [-0.1, -0.05) is 46.1 Å². The predicted molar refractivity (Wildman–Crippen MR) is 118 cm³/mol. The fourth-order valence-corrected chi connectivity index (χ4v) is 4.93. The average molecular weight is 522 g/mol. The van der Waals surface area contributed by atoms with Crippen LogP contribution in [0.5, 0.6) is 0 Å². The molecule has 0 aliphatic rings. The molecule has 0 atom stereocenters. The molecule has 0 bridgehead atoms. The van der Waals surface area contributed by atoms with Crippen molar-refractivity contribution >= 4 is 78.9 Å². The second-order valence-electron chi connectivity index (χ2n) is 5.74. The highest BCUT2D eigenvalue weighted by Crippen LogP contribution is 2.29. The number of rotatable bonds is 6. The molecule has 1 amide bonds. The Kier molecular flexibility index (Phi) is 7.02. The van der Waals surface area contributed by atoms with E-state index in [1.807, 2.05) is 0 Å². The summed E-state index contributed by atoms with van der Waals surface area (Å²) in [5.74, 6) is -1.29. The lowest BCUT2D eigenvalue weighted by Gasteiger charge is -2.08. The van der Waals surface area contributed by atoms with Crippen molar-refractivity contribution in [1.82, 2.24) is 10.2 Å². The Balaban J connectivity index is 1.80. The third kappa shape index (κ3) is 5.43. The van der Waals surface area contributed by atoms with E-state index in [0.29, 0.717) is 16.4 Å². The van der Waals surface area contributed by atoms with Gasteiger partial charge in [0.2, 0.25) is 5.13 Å².